The summed E-state index contributed by atoms with van der Waals surface area (Å²) < 4.78 is 11.7. The lowest BCUT2D eigenvalue weighted by molar-refractivity contribution is 0.133. The summed E-state index contributed by atoms with van der Waals surface area (Å²) in [6.07, 6.45) is 17.4. The molecule has 0 fully saturated rings. The molecule has 7 heteroatoms. The van der Waals surface area contributed by atoms with Crippen molar-refractivity contribution in [3.05, 3.63) is 82.8 Å². The molecule has 0 saturated heterocycles. The number of nitrogens with zero attached hydrogens (tertiary/aromatic N) is 1. The molecule has 6 nitrogen and oxygen atoms in total. The highest BCUT2D eigenvalue weighted by atomic mass is 79.9. The summed E-state index contributed by atoms with van der Waals surface area (Å²) in [6, 6.07) is 5.41. The minimum Gasteiger partial charge on any atom is -0.497 e. The molecule has 0 aromatic heterocycles. The van der Waals surface area contributed by atoms with E-state index in [1.54, 1.807) is 20.3 Å². The van der Waals surface area contributed by atoms with Crippen LogP contribution < -0.4 is 20.1 Å². The Morgan fingerprint density at radius 1 is 1.19 bits per heavy atom. The Kier molecular flexibility index (Phi) is 8.61. The molecule has 3 N–H and O–H groups in total. The lowest BCUT2D eigenvalue weighted by atomic mass is 9.85. The SMILES string of the molecule is CCC1(CCNC(O)c2cc(OC)cc(OC)c2)N/C=C/C=C(Br)\C=C\N2CC=CC=C21. The van der Waals surface area contributed by atoms with Crippen molar-refractivity contribution in [3.63, 3.8) is 0 Å². The summed E-state index contributed by atoms with van der Waals surface area (Å²) >= 11 is 3.57. The van der Waals surface area contributed by atoms with Gasteiger partial charge in [0.15, 0.2) is 0 Å². The Labute approximate surface area is 199 Å². The summed E-state index contributed by atoms with van der Waals surface area (Å²) in [5.41, 5.74) is 1.61. The van der Waals surface area contributed by atoms with Crippen LogP contribution in [-0.4, -0.2) is 42.9 Å². The van der Waals surface area contributed by atoms with Crippen LogP contribution in [0.2, 0.25) is 0 Å². The molecule has 2 atom stereocenters. The fourth-order valence-electron chi connectivity index (χ4n) is 3.93. The van der Waals surface area contributed by atoms with Gasteiger partial charge in [0, 0.05) is 41.1 Å². The fourth-order valence-corrected chi connectivity index (χ4v) is 4.20. The number of benzene rings is 1. The third-order valence-corrected chi connectivity index (χ3v) is 6.33. The van der Waals surface area contributed by atoms with Gasteiger partial charge in [0.1, 0.15) is 17.7 Å². The molecule has 0 spiro atoms. The molecule has 1 aromatic rings. The highest BCUT2D eigenvalue weighted by Crippen LogP contribution is 2.32. The Morgan fingerprint density at radius 2 is 1.94 bits per heavy atom. The molecule has 32 heavy (non-hydrogen) atoms. The van der Waals surface area contributed by atoms with Gasteiger partial charge in [0.25, 0.3) is 0 Å². The van der Waals surface area contributed by atoms with Gasteiger partial charge in [-0.3, -0.25) is 5.32 Å². The Bertz CT molecular complexity index is 916. The van der Waals surface area contributed by atoms with Crippen LogP contribution >= 0.6 is 15.9 Å². The van der Waals surface area contributed by atoms with Gasteiger partial charge < -0.3 is 24.8 Å². The van der Waals surface area contributed by atoms with Crippen LogP contribution in [0, 0.1) is 0 Å². The van der Waals surface area contributed by atoms with E-state index < -0.39 is 6.23 Å². The second-order valence-corrected chi connectivity index (χ2v) is 8.61. The lowest BCUT2D eigenvalue weighted by Gasteiger charge is -2.42. The first-order valence-corrected chi connectivity index (χ1v) is 11.6. The van der Waals surface area contributed by atoms with Crippen LogP contribution in [0.4, 0.5) is 0 Å². The summed E-state index contributed by atoms with van der Waals surface area (Å²) in [7, 11) is 3.20. The van der Waals surface area contributed by atoms with E-state index in [4.69, 9.17) is 9.47 Å². The molecule has 2 aliphatic heterocycles. The smallest absolute Gasteiger partial charge is 0.131 e. The van der Waals surface area contributed by atoms with E-state index in [0.29, 0.717) is 23.6 Å². The van der Waals surface area contributed by atoms with E-state index in [9.17, 15) is 5.11 Å². The minimum absolute atomic E-state index is 0.290. The number of hydrogen-bond acceptors (Lipinski definition) is 6. The third kappa shape index (κ3) is 5.85. The van der Waals surface area contributed by atoms with Crippen molar-refractivity contribution in [2.24, 2.45) is 0 Å². The lowest BCUT2D eigenvalue weighted by Crippen LogP contribution is -2.50. The zero-order chi connectivity index (χ0) is 23.0. The molecule has 0 bridgehead atoms. The molecule has 2 aliphatic rings. The number of aliphatic hydroxyl groups excluding tert-OH is 1. The second kappa shape index (κ2) is 11.4. The molecule has 2 heterocycles. The average molecular weight is 502 g/mol. The predicted molar refractivity (Wildman–Crippen MR) is 133 cm³/mol. The van der Waals surface area contributed by atoms with Crippen molar-refractivity contribution >= 4 is 15.9 Å². The molecule has 1 aromatic carbocycles. The van der Waals surface area contributed by atoms with Crippen molar-refractivity contribution in [1.29, 1.82) is 0 Å². The van der Waals surface area contributed by atoms with Crippen LogP contribution in [-0.2, 0) is 0 Å². The Morgan fingerprint density at radius 3 is 2.62 bits per heavy atom. The average Bonchev–Trinajstić information content (AvgIpc) is 2.83. The van der Waals surface area contributed by atoms with Crippen LogP contribution in [0.1, 0.15) is 31.6 Å². The number of fused-ring (bicyclic) bond motifs is 1. The molecule has 0 amide bonds. The molecule has 0 saturated carbocycles. The third-order valence-electron chi connectivity index (χ3n) is 5.80. The number of hydrogen-bond donors (Lipinski definition) is 3. The molecule has 0 aliphatic carbocycles. The van der Waals surface area contributed by atoms with Gasteiger partial charge in [-0.1, -0.05) is 35.0 Å². The highest BCUT2D eigenvalue weighted by Gasteiger charge is 2.34. The Hall–Kier alpha value is -2.48. The van der Waals surface area contributed by atoms with Gasteiger partial charge in [-0.25, -0.2) is 0 Å². The first-order valence-electron chi connectivity index (χ1n) is 10.8. The summed E-state index contributed by atoms with van der Waals surface area (Å²) in [5, 5.41) is 17.7. The molecule has 3 rings (SSSR count). The van der Waals surface area contributed by atoms with Gasteiger partial charge in [-0.05, 0) is 55.5 Å². The molecular weight excluding hydrogens is 470 g/mol. The number of allylic oxidation sites excluding steroid dienone is 6. The van der Waals surface area contributed by atoms with E-state index >= 15 is 0 Å². The van der Waals surface area contributed by atoms with Crippen LogP contribution in [0.25, 0.3) is 0 Å². The quantitative estimate of drug-likeness (QED) is 0.456. The largest absolute Gasteiger partial charge is 0.497 e. The number of ether oxygens (including phenoxy) is 2. The van der Waals surface area contributed by atoms with Gasteiger partial charge in [-0.15, -0.1) is 0 Å². The molecular formula is C25H32BrN3O3. The summed E-state index contributed by atoms with van der Waals surface area (Å²) in [5.74, 6) is 1.29. The van der Waals surface area contributed by atoms with Crippen LogP contribution in [0.15, 0.2) is 77.2 Å². The molecule has 172 valence electrons. The van der Waals surface area contributed by atoms with Crippen LogP contribution in [0.5, 0.6) is 11.5 Å². The van der Waals surface area contributed by atoms with Gasteiger partial charge in [-0.2, -0.15) is 0 Å². The minimum atomic E-state index is -0.835. The first kappa shape index (κ1) is 24.2. The number of nitrogens with one attached hydrogen (secondary N) is 2. The normalized spacial score (nSPS) is 24.8. The van der Waals surface area contributed by atoms with Crippen molar-refractivity contribution in [1.82, 2.24) is 15.5 Å². The second-order valence-electron chi connectivity index (χ2n) is 7.69. The molecule has 0 radical (unpaired) electrons. The number of methoxy groups -OCH3 is 2. The Balaban J connectivity index is 1.78. The van der Waals surface area contributed by atoms with Gasteiger partial charge >= 0.3 is 0 Å². The summed E-state index contributed by atoms with van der Waals surface area (Å²) in [4.78, 5) is 2.26. The molecule has 2 unspecified atom stereocenters. The first-order chi connectivity index (χ1) is 15.5. The fraction of sp³-hybridized carbons (Fsp3) is 0.360. The van der Waals surface area contributed by atoms with E-state index in [-0.39, 0.29) is 5.54 Å². The van der Waals surface area contributed by atoms with Gasteiger partial charge in [0.2, 0.25) is 0 Å². The standard InChI is InChI=1S/C25H32BrN3O3/c1-4-25(11-13-27-24(30)19-16-21(31-2)18-22(17-19)32-3)23-9-5-6-14-29(23)15-10-20(26)8-7-12-28-25/h5-10,12,15-18,24,27-28,30H,4,11,13-14H2,1-3H3/b12-7+,15-10+,20-8+. The van der Waals surface area contributed by atoms with Gasteiger partial charge in [0.05, 0.1) is 19.8 Å². The number of rotatable bonds is 8. The zero-order valence-corrected chi connectivity index (χ0v) is 20.4. The maximum atomic E-state index is 10.8. The maximum Gasteiger partial charge on any atom is 0.131 e. The number of halogens is 1. The predicted octanol–water partition coefficient (Wildman–Crippen LogP) is 4.49. The van der Waals surface area contributed by atoms with E-state index in [1.165, 1.54) is 5.70 Å². The zero-order valence-electron chi connectivity index (χ0n) is 18.8. The van der Waals surface area contributed by atoms with Crippen molar-refractivity contribution < 1.29 is 14.6 Å². The van der Waals surface area contributed by atoms with E-state index in [2.05, 4.69) is 68.9 Å². The van der Waals surface area contributed by atoms with E-state index in [1.807, 2.05) is 30.5 Å². The topological polar surface area (TPSA) is 66.0 Å². The van der Waals surface area contributed by atoms with Crippen LogP contribution in [0.3, 0.4) is 0 Å². The highest BCUT2D eigenvalue weighted by molar-refractivity contribution is 9.11. The van der Waals surface area contributed by atoms with E-state index in [0.717, 1.165) is 23.9 Å². The van der Waals surface area contributed by atoms with Crippen molar-refractivity contribution in [3.8, 4) is 11.5 Å². The number of aliphatic hydroxyl groups is 1. The monoisotopic (exact) mass is 501 g/mol. The maximum absolute atomic E-state index is 10.8. The summed E-state index contributed by atoms with van der Waals surface area (Å²) in [6.45, 7) is 3.60. The van der Waals surface area contributed by atoms with Crippen molar-refractivity contribution in [2.75, 3.05) is 27.3 Å². The van der Waals surface area contributed by atoms with Crippen molar-refractivity contribution in [2.45, 2.75) is 31.5 Å².